The van der Waals surface area contributed by atoms with Crippen LogP contribution in [0.5, 0.6) is 0 Å². The molecule has 6 heteroatoms. The van der Waals surface area contributed by atoms with Crippen molar-refractivity contribution in [3.63, 3.8) is 0 Å². The van der Waals surface area contributed by atoms with Crippen LogP contribution in [0.15, 0.2) is 12.3 Å². The van der Waals surface area contributed by atoms with Crippen LogP contribution >= 0.6 is 11.6 Å². The fourth-order valence-electron chi connectivity index (χ4n) is 1.83. The molecule has 1 amide bonds. The van der Waals surface area contributed by atoms with Gasteiger partial charge in [0.25, 0.3) is 5.91 Å². The minimum absolute atomic E-state index is 0.162. The van der Waals surface area contributed by atoms with Crippen molar-refractivity contribution in [2.75, 3.05) is 5.32 Å². The van der Waals surface area contributed by atoms with E-state index in [0.29, 0.717) is 16.5 Å². The zero-order valence-corrected chi connectivity index (χ0v) is 12.2. The molecule has 0 saturated carbocycles. The van der Waals surface area contributed by atoms with E-state index in [9.17, 15) is 4.79 Å². The molecule has 0 spiro atoms. The Bertz CT molecular complexity index is 612. The van der Waals surface area contributed by atoms with Gasteiger partial charge in [0.15, 0.2) is 5.82 Å². The fourth-order valence-corrected chi connectivity index (χ4v) is 2.04. The lowest BCUT2D eigenvalue weighted by Crippen LogP contribution is -2.18. The van der Waals surface area contributed by atoms with Gasteiger partial charge in [-0.05, 0) is 33.8 Å². The van der Waals surface area contributed by atoms with Gasteiger partial charge < -0.3 is 9.88 Å². The first-order chi connectivity index (χ1) is 8.90. The maximum Gasteiger partial charge on any atom is 0.273 e. The minimum atomic E-state index is -0.213. The molecule has 5 nitrogen and oxygen atoms in total. The van der Waals surface area contributed by atoms with Crippen molar-refractivity contribution in [3.8, 4) is 0 Å². The third-order valence-electron chi connectivity index (χ3n) is 3.09. The number of amides is 1. The molecule has 19 heavy (non-hydrogen) atoms. The highest BCUT2D eigenvalue weighted by molar-refractivity contribution is 6.31. The standard InChI is InChI=1S/C13H17ClN4O/c1-7(2)18-6-10(14)5-11(18)13(19)15-12-8(3)9(4)16-17-12/h5-7H,1-4H3,(H2,15,16,17,19). The predicted molar refractivity (Wildman–Crippen MR) is 75.8 cm³/mol. The van der Waals surface area contributed by atoms with Gasteiger partial charge in [-0.2, -0.15) is 5.10 Å². The van der Waals surface area contributed by atoms with E-state index >= 15 is 0 Å². The lowest BCUT2D eigenvalue weighted by molar-refractivity contribution is 0.101. The van der Waals surface area contributed by atoms with Crippen LogP contribution in [-0.4, -0.2) is 20.7 Å². The highest BCUT2D eigenvalue weighted by Crippen LogP contribution is 2.21. The van der Waals surface area contributed by atoms with Crippen LogP contribution in [0, 0.1) is 13.8 Å². The molecule has 102 valence electrons. The fraction of sp³-hybridized carbons (Fsp3) is 0.385. The lowest BCUT2D eigenvalue weighted by atomic mass is 10.2. The largest absolute Gasteiger partial charge is 0.339 e. The molecule has 0 saturated heterocycles. The summed E-state index contributed by atoms with van der Waals surface area (Å²) in [5.74, 6) is 0.338. The number of aromatic nitrogens is 3. The van der Waals surface area contributed by atoms with E-state index in [-0.39, 0.29) is 11.9 Å². The Balaban J connectivity index is 2.28. The van der Waals surface area contributed by atoms with E-state index in [0.717, 1.165) is 11.3 Å². The van der Waals surface area contributed by atoms with Crippen LogP contribution in [0.2, 0.25) is 5.02 Å². The van der Waals surface area contributed by atoms with E-state index in [4.69, 9.17) is 11.6 Å². The highest BCUT2D eigenvalue weighted by Gasteiger charge is 2.17. The average Bonchev–Trinajstić information content (AvgIpc) is 2.87. The summed E-state index contributed by atoms with van der Waals surface area (Å²) in [5.41, 5.74) is 2.40. The molecule has 2 aromatic rings. The number of hydrogen-bond donors (Lipinski definition) is 2. The molecule has 0 aromatic carbocycles. The van der Waals surface area contributed by atoms with Gasteiger partial charge in [-0.15, -0.1) is 0 Å². The van der Waals surface area contributed by atoms with Crippen molar-refractivity contribution in [1.29, 1.82) is 0 Å². The first-order valence-electron chi connectivity index (χ1n) is 6.10. The first kappa shape index (κ1) is 13.7. The Morgan fingerprint density at radius 2 is 2.16 bits per heavy atom. The second-order valence-electron chi connectivity index (χ2n) is 4.82. The van der Waals surface area contributed by atoms with Gasteiger partial charge in [0.1, 0.15) is 5.69 Å². The average molecular weight is 281 g/mol. The molecule has 0 atom stereocenters. The Labute approximate surface area is 117 Å². The first-order valence-corrected chi connectivity index (χ1v) is 6.48. The van der Waals surface area contributed by atoms with E-state index in [1.165, 1.54) is 0 Å². The number of anilines is 1. The lowest BCUT2D eigenvalue weighted by Gasteiger charge is -2.12. The van der Waals surface area contributed by atoms with Crippen LogP contribution in [0.25, 0.3) is 0 Å². The van der Waals surface area contributed by atoms with Crippen molar-refractivity contribution in [1.82, 2.24) is 14.8 Å². The summed E-state index contributed by atoms with van der Waals surface area (Å²) in [5, 5.41) is 10.2. The summed E-state index contributed by atoms with van der Waals surface area (Å²) >= 11 is 5.97. The number of halogens is 1. The van der Waals surface area contributed by atoms with Crippen LogP contribution in [-0.2, 0) is 0 Å². The number of aryl methyl sites for hydroxylation is 1. The number of aromatic amines is 1. The molecular formula is C13H17ClN4O. The van der Waals surface area contributed by atoms with E-state index in [1.807, 2.05) is 32.3 Å². The van der Waals surface area contributed by atoms with Gasteiger partial charge in [-0.1, -0.05) is 11.6 Å². The SMILES string of the molecule is Cc1[nH]nc(NC(=O)c2cc(Cl)cn2C(C)C)c1C. The number of H-pyrrole nitrogens is 1. The number of carbonyl (C=O) groups is 1. The quantitative estimate of drug-likeness (QED) is 0.906. The molecule has 0 aliphatic rings. The number of nitrogens with one attached hydrogen (secondary N) is 2. The monoisotopic (exact) mass is 280 g/mol. The van der Waals surface area contributed by atoms with Crippen LogP contribution in [0.3, 0.4) is 0 Å². The van der Waals surface area contributed by atoms with Gasteiger partial charge in [0.2, 0.25) is 0 Å². The van der Waals surface area contributed by atoms with Crippen LogP contribution in [0.1, 0.15) is 41.6 Å². The second kappa shape index (κ2) is 5.09. The van der Waals surface area contributed by atoms with Crippen LogP contribution < -0.4 is 5.32 Å². The minimum Gasteiger partial charge on any atom is -0.339 e. The molecule has 0 aliphatic heterocycles. The predicted octanol–water partition coefficient (Wildman–Crippen LogP) is 3.31. The molecular weight excluding hydrogens is 264 g/mol. The third-order valence-corrected chi connectivity index (χ3v) is 3.30. The maximum atomic E-state index is 12.3. The molecule has 2 N–H and O–H groups in total. The van der Waals surface area contributed by atoms with Gasteiger partial charge >= 0.3 is 0 Å². The normalized spacial score (nSPS) is 11.1. The molecule has 0 fully saturated rings. The van der Waals surface area contributed by atoms with Gasteiger partial charge in [0.05, 0.1) is 5.02 Å². The zero-order valence-electron chi connectivity index (χ0n) is 11.4. The van der Waals surface area contributed by atoms with Crippen molar-refractivity contribution in [2.24, 2.45) is 0 Å². The summed E-state index contributed by atoms with van der Waals surface area (Å²) in [7, 11) is 0. The molecule has 0 radical (unpaired) electrons. The number of nitrogens with zero attached hydrogens (tertiary/aromatic N) is 2. The molecule has 2 rings (SSSR count). The summed E-state index contributed by atoms with van der Waals surface area (Å²) in [6, 6.07) is 1.82. The molecule has 2 heterocycles. The number of rotatable bonds is 3. The summed E-state index contributed by atoms with van der Waals surface area (Å²) in [6.07, 6.45) is 1.75. The van der Waals surface area contributed by atoms with Crippen LogP contribution in [0.4, 0.5) is 5.82 Å². The molecule has 2 aromatic heterocycles. The molecule has 0 aliphatic carbocycles. The van der Waals surface area contributed by atoms with E-state index in [1.54, 1.807) is 12.3 Å². The van der Waals surface area contributed by atoms with E-state index in [2.05, 4.69) is 15.5 Å². The number of hydrogen-bond acceptors (Lipinski definition) is 2. The maximum absolute atomic E-state index is 12.3. The Morgan fingerprint density at radius 1 is 1.47 bits per heavy atom. The van der Waals surface area contributed by atoms with Crippen molar-refractivity contribution < 1.29 is 4.79 Å². The second-order valence-corrected chi connectivity index (χ2v) is 5.26. The Kier molecular flexibility index (Phi) is 3.66. The summed E-state index contributed by atoms with van der Waals surface area (Å²) in [6.45, 7) is 7.81. The zero-order chi connectivity index (χ0) is 14.2. The highest BCUT2D eigenvalue weighted by atomic mass is 35.5. The number of carbonyl (C=O) groups excluding carboxylic acids is 1. The van der Waals surface area contributed by atoms with Crippen molar-refractivity contribution >= 4 is 23.3 Å². The van der Waals surface area contributed by atoms with E-state index < -0.39 is 0 Å². The summed E-state index contributed by atoms with van der Waals surface area (Å²) in [4.78, 5) is 12.3. The molecule has 0 bridgehead atoms. The smallest absolute Gasteiger partial charge is 0.273 e. The molecule has 0 unspecified atom stereocenters. The van der Waals surface area contributed by atoms with Gasteiger partial charge in [-0.3, -0.25) is 9.89 Å². The van der Waals surface area contributed by atoms with Gasteiger partial charge in [0, 0.05) is 23.5 Å². The topological polar surface area (TPSA) is 62.7 Å². The third kappa shape index (κ3) is 2.66. The Morgan fingerprint density at radius 3 is 2.68 bits per heavy atom. The van der Waals surface area contributed by atoms with Crippen molar-refractivity contribution in [2.45, 2.75) is 33.7 Å². The van der Waals surface area contributed by atoms with Crippen molar-refractivity contribution in [3.05, 3.63) is 34.2 Å². The summed E-state index contributed by atoms with van der Waals surface area (Å²) < 4.78 is 1.84. The Hall–Kier alpha value is -1.75. The van der Waals surface area contributed by atoms with Gasteiger partial charge in [-0.25, -0.2) is 0 Å².